The highest BCUT2D eigenvalue weighted by molar-refractivity contribution is 7.23. The molecule has 0 saturated carbocycles. The van der Waals surface area contributed by atoms with E-state index >= 15 is 0 Å². The standard InChI is InChI=1S/C46H31N5S/c1-2-7-34(8-3-1)43-28-35-17-18-42-44(45(35)52-43)38-11-4-5-12-41(38)51(42)37-10-6-9-36(27-37)46-49-39(29-40(50-46)33-21-25-48-26-22-33)32-15-13-30(14-16-32)31-19-23-47-24-20-31/h1-23,25-29,47H,24H2. The molecule has 0 fully saturated rings. The Balaban J connectivity index is 1.12. The SMILES string of the molecule is C1=CC(c2ccc(-c3cc(-c4ccncc4)nc(-c4cccc(-n5c6ccccc6c6c7sc(-c8ccccc8)cc7ccc65)c4)n3)cc2)=CCN1. The van der Waals surface area contributed by atoms with Gasteiger partial charge in [0.15, 0.2) is 5.82 Å². The number of aromatic nitrogens is 4. The largest absolute Gasteiger partial charge is 0.387 e. The van der Waals surface area contributed by atoms with Crippen LogP contribution in [0, 0.1) is 0 Å². The monoisotopic (exact) mass is 685 g/mol. The molecule has 0 aliphatic carbocycles. The molecule has 0 unspecified atom stereocenters. The van der Waals surface area contributed by atoms with Crippen molar-refractivity contribution in [3.05, 3.63) is 176 Å². The smallest absolute Gasteiger partial charge is 0.160 e. The number of benzene rings is 5. The molecule has 5 aromatic carbocycles. The molecule has 9 aromatic rings. The van der Waals surface area contributed by atoms with E-state index in [9.17, 15) is 0 Å². The fourth-order valence-corrected chi connectivity index (χ4v) is 8.47. The van der Waals surface area contributed by atoms with E-state index in [1.54, 1.807) is 0 Å². The van der Waals surface area contributed by atoms with Gasteiger partial charge in [-0.05, 0) is 82.9 Å². The highest BCUT2D eigenvalue weighted by atomic mass is 32.1. The van der Waals surface area contributed by atoms with Gasteiger partial charge in [0.25, 0.3) is 0 Å². The summed E-state index contributed by atoms with van der Waals surface area (Å²) in [7, 11) is 0. The Bertz CT molecular complexity index is 2830. The predicted octanol–water partition coefficient (Wildman–Crippen LogP) is 11.4. The molecule has 1 aliphatic rings. The molecule has 0 saturated heterocycles. The first-order valence-electron chi connectivity index (χ1n) is 17.4. The minimum absolute atomic E-state index is 0.674. The molecule has 5 nitrogen and oxygen atoms in total. The number of rotatable bonds is 6. The zero-order chi connectivity index (χ0) is 34.4. The van der Waals surface area contributed by atoms with Gasteiger partial charge in [0.1, 0.15) is 0 Å². The molecule has 52 heavy (non-hydrogen) atoms. The molecule has 1 N–H and O–H groups in total. The number of pyridine rings is 1. The second kappa shape index (κ2) is 12.6. The molecule has 4 aromatic heterocycles. The van der Waals surface area contributed by atoms with Gasteiger partial charge in [0.2, 0.25) is 0 Å². The van der Waals surface area contributed by atoms with Gasteiger partial charge in [0, 0.05) is 61.7 Å². The lowest BCUT2D eigenvalue weighted by Gasteiger charge is -2.13. The molecule has 246 valence electrons. The zero-order valence-corrected chi connectivity index (χ0v) is 28.9. The summed E-state index contributed by atoms with van der Waals surface area (Å²) in [5, 5.41) is 7.02. The maximum absolute atomic E-state index is 5.19. The Kier molecular flexibility index (Phi) is 7.32. The molecular formula is C46H31N5S. The normalized spacial score (nSPS) is 12.7. The number of fused-ring (bicyclic) bond motifs is 5. The number of nitrogens with one attached hydrogen (secondary N) is 1. The quantitative estimate of drug-likeness (QED) is 0.189. The number of para-hydroxylation sites is 1. The van der Waals surface area contributed by atoms with Crippen molar-refractivity contribution < 1.29 is 0 Å². The van der Waals surface area contributed by atoms with E-state index in [0.717, 1.165) is 40.3 Å². The third-order valence-electron chi connectivity index (χ3n) is 9.78. The fourth-order valence-electron chi connectivity index (χ4n) is 7.25. The number of hydrogen-bond acceptors (Lipinski definition) is 5. The van der Waals surface area contributed by atoms with Gasteiger partial charge >= 0.3 is 0 Å². The van der Waals surface area contributed by atoms with Crippen LogP contribution in [-0.4, -0.2) is 26.1 Å². The summed E-state index contributed by atoms with van der Waals surface area (Å²) >= 11 is 1.86. The van der Waals surface area contributed by atoms with Crippen LogP contribution in [0.15, 0.2) is 170 Å². The third-order valence-corrected chi connectivity index (χ3v) is 11.0. The third kappa shape index (κ3) is 5.29. The molecule has 0 bridgehead atoms. The van der Waals surface area contributed by atoms with E-state index in [2.05, 4.69) is 154 Å². The average Bonchev–Trinajstić information content (AvgIpc) is 3.82. The van der Waals surface area contributed by atoms with E-state index in [4.69, 9.17) is 9.97 Å². The van der Waals surface area contributed by atoms with Crippen LogP contribution in [0.1, 0.15) is 5.56 Å². The van der Waals surface area contributed by atoms with Gasteiger partial charge in [0.05, 0.1) is 22.4 Å². The van der Waals surface area contributed by atoms with E-state index in [-0.39, 0.29) is 0 Å². The lowest BCUT2D eigenvalue weighted by Crippen LogP contribution is -2.08. The first kappa shape index (κ1) is 30.2. The minimum atomic E-state index is 0.674. The molecule has 1 aliphatic heterocycles. The van der Waals surface area contributed by atoms with Crippen LogP contribution in [0.5, 0.6) is 0 Å². The van der Waals surface area contributed by atoms with Crippen molar-refractivity contribution in [1.82, 2.24) is 24.8 Å². The first-order valence-corrected chi connectivity index (χ1v) is 18.2. The second-order valence-electron chi connectivity index (χ2n) is 12.9. The van der Waals surface area contributed by atoms with Crippen LogP contribution in [0.25, 0.3) is 87.5 Å². The summed E-state index contributed by atoms with van der Waals surface area (Å²) in [6.07, 6.45) is 9.93. The molecular weight excluding hydrogens is 655 g/mol. The van der Waals surface area contributed by atoms with Crippen molar-refractivity contribution in [2.75, 3.05) is 6.54 Å². The Morgan fingerprint density at radius 1 is 0.596 bits per heavy atom. The van der Waals surface area contributed by atoms with Crippen molar-refractivity contribution in [2.24, 2.45) is 0 Å². The Morgan fingerprint density at radius 3 is 2.15 bits per heavy atom. The van der Waals surface area contributed by atoms with Gasteiger partial charge < -0.3 is 9.88 Å². The second-order valence-corrected chi connectivity index (χ2v) is 14.0. The van der Waals surface area contributed by atoms with Gasteiger partial charge in [-0.1, -0.05) is 97.1 Å². The molecule has 5 heterocycles. The average molecular weight is 686 g/mol. The summed E-state index contributed by atoms with van der Waals surface area (Å²) in [5.41, 5.74) is 11.8. The van der Waals surface area contributed by atoms with Crippen molar-refractivity contribution in [3.63, 3.8) is 0 Å². The lowest BCUT2D eigenvalue weighted by atomic mass is 10.0. The predicted molar refractivity (Wildman–Crippen MR) is 216 cm³/mol. The van der Waals surface area contributed by atoms with Gasteiger partial charge in [-0.25, -0.2) is 9.97 Å². The molecule has 10 rings (SSSR count). The first-order chi connectivity index (χ1) is 25.8. The summed E-state index contributed by atoms with van der Waals surface area (Å²) in [4.78, 5) is 15.9. The van der Waals surface area contributed by atoms with Crippen LogP contribution in [0.2, 0.25) is 0 Å². The van der Waals surface area contributed by atoms with Gasteiger partial charge in [-0.2, -0.15) is 0 Å². The number of thiophene rings is 1. The van der Waals surface area contributed by atoms with Crippen LogP contribution < -0.4 is 5.32 Å². The van der Waals surface area contributed by atoms with Gasteiger partial charge in [-0.3, -0.25) is 4.98 Å². The van der Waals surface area contributed by atoms with Gasteiger partial charge in [-0.15, -0.1) is 11.3 Å². The topological polar surface area (TPSA) is 55.6 Å². The Hall–Kier alpha value is -6.63. The van der Waals surface area contributed by atoms with Crippen molar-refractivity contribution >= 4 is 48.8 Å². The number of nitrogens with zero attached hydrogens (tertiary/aromatic N) is 4. The minimum Gasteiger partial charge on any atom is -0.387 e. The maximum atomic E-state index is 5.19. The molecule has 0 atom stereocenters. The van der Waals surface area contributed by atoms with Crippen LogP contribution in [-0.2, 0) is 0 Å². The van der Waals surface area contributed by atoms with Crippen molar-refractivity contribution in [2.45, 2.75) is 0 Å². The number of hydrogen-bond donors (Lipinski definition) is 1. The number of dihydropyridines is 1. The lowest BCUT2D eigenvalue weighted by molar-refractivity contribution is 0.976. The molecule has 0 spiro atoms. The molecule has 0 radical (unpaired) electrons. The number of allylic oxidation sites excluding steroid dienone is 2. The Labute approximate surface area is 304 Å². The van der Waals surface area contributed by atoms with E-state index < -0.39 is 0 Å². The van der Waals surface area contributed by atoms with E-state index in [1.165, 1.54) is 53.5 Å². The van der Waals surface area contributed by atoms with Crippen LogP contribution in [0.3, 0.4) is 0 Å². The summed E-state index contributed by atoms with van der Waals surface area (Å²) < 4.78 is 3.69. The van der Waals surface area contributed by atoms with E-state index in [1.807, 2.05) is 42.1 Å². The van der Waals surface area contributed by atoms with Crippen molar-refractivity contribution in [3.8, 4) is 50.0 Å². The van der Waals surface area contributed by atoms with Crippen LogP contribution in [0.4, 0.5) is 0 Å². The molecule has 6 heteroatoms. The summed E-state index contributed by atoms with van der Waals surface area (Å²) in [6, 6.07) is 49.6. The fraction of sp³-hybridized carbons (Fsp3) is 0.0217. The van der Waals surface area contributed by atoms with Crippen molar-refractivity contribution in [1.29, 1.82) is 0 Å². The summed E-state index contributed by atoms with van der Waals surface area (Å²) in [6.45, 7) is 0.833. The zero-order valence-electron chi connectivity index (χ0n) is 28.1. The molecule has 0 amide bonds. The highest BCUT2D eigenvalue weighted by Gasteiger charge is 2.18. The Morgan fingerprint density at radius 2 is 1.35 bits per heavy atom. The summed E-state index contributed by atoms with van der Waals surface area (Å²) in [5.74, 6) is 0.674. The van der Waals surface area contributed by atoms with E-state index in [0.29, 0.717) is 5.82 Å². The van der Waals surface area contributed by atoms with Crippen LogP contribution >= 0.6 is 11.3 Å². The highest BCUT2D eigenvalue weighted by Crippen LogP contribution is 2.43. The maximum Gasteiger partial charge on any atom is 0.160 e.